The van der Waals surface area contributed by atoms with Crippen LogP contribution in [0.5, 0.6) is 11.5 Å². The summed E-state index contributed by atoms with van der Waals surface area (Å²) in [4.78, 5) is 11.8. The highest BCUT2D eigenvalue weighted by molar-refractivity contribution is 9.10. The first-order valence-corrected chi connectivity index (χ1v) is 8.27. The Morgan fingerprint density at radius 2 is 1.73 bits per heavy atom. The van der Waals surface area contributed by atoms with Crippen LogP contribution in [0, 0.1) is 0 Å². The molecule has 0 radical (unpaired) electrons. The van der Waals surface area contributed by atoms with Crippen LogP contribution < -0.4 is 4.74 Å². The number of hydrogen-bond acceptors (Lipinski definition) is 2. The standard InChI is InChI=1S/C16H12Br2F2O2/c1-16(19,20)14-8-12(6-7-13(14)15(21)9-17)22-11-4-2-10(18)3-5-11/h2-8H,9H2,1H3. The summed E-state index contributed by atoms with van der Waals surface area (Å²) < 4.78 is 34.0. The highest BCUT2D eigenvalue weighted by atomic mass is 79.9. The Hall–Kier alpha value is -1.27. The number of Topliss-reactive ketones (excluding diaryl/α,β-unsaturated/α-hetero) is 1. The topological polar surface area (TPSA) is 26.3 Å². The molecule has 2 aromatic carbocycles. The van der Waals surface area contributed by atoms with Crippen LogP contribution in [0.2, 0.25) is 0 Å². The minimum atomic E-state index is -3.13. The molecular formula is C16H12Br2F2O2. The van der Waals surface area contributed by atoms with Crippen molar-refractivity contribution in [1.29, 1.82) is 0 Å². The highest BCUT2D eigenvalue weighted by Gasteiger charge is 2.30. The number of carbonyl (C=O) groups is 1. The van der Waals surface area contributed by atoms with E-state index in [1.807, 2.05) is 0 Å². The number of alkyl halides is 3. The molecule has 0 spiro atoms. The lowest BCUT2D eigenvalue weighted by Crippen LogP contribution is -2.15. The van der Waals surface area contributed by atoms with E-state index in [1.165, 1.54) is 18.2 Å². The number of hydrogen-bond donors (Lipinski definition) is 0. The van der Waals surface area contributed by atoms with Gasteiger partial charge in [0.2, 0.25) is 0 Å². The van der Waals surface area contributed by atoms with Crippen LogP contribution >= 0.6 is 31.9 Å². The van der Waals surface area contributed by atoms with Crippen LogP contribution in [0.15, 0.2) is 46.9 Å². The van der Waals surface area contributed by atoms with Crippen LogP contribution in [0.25, 0.3) is 0 Å². The summed E-state index contributed by atoms with van der Waals surface area (Å²) in [5, 5.41) is -0.0109. The molecule has 0 heterocycles. The Balaban J connectivity index is 2.38. The highest BCUT2D eigenvalue weighted by Crippen LogP contribution is 2.34. The van der Waals surface area contributed by atoms with Gasteiger partial charge in [-0.2, -0.15) is 0 Å². The minimum absolute atomic E-state index is 0.00692. The monoisotopic (exact) mass is 432 g/mol. The number of benzene rings is 2. The van der Waals surface area contributed by atoms with Crippen molar-refractivity contribution in [2.75, 3.05) is 5.33 Å². The Morgan fingerprint density at radius 1 is 1.14 bits per heavy atom. The number of ketones is 1. The van der Waals surface area contributed by atoms with Crippen LogP contribution in [-0.4, -0.2) is 11.1 Å². The number of halogens is 4. The van der Waals surface area contributed by atoms with Gasteiger partial charge in [-0.3, -0.25) is 4.79 Å². The third-order valence-corrected chi connectivity index (χ3v) is 3.97. The molecule has 0 atom stereocenters. The molecule has 0 aliphatic rings. The van der Waals surface area contributed by atoms with E-state index < -0.39 is 11.7 Å². The first-order chi connectivity index (χ1) is 10.3. The Bertz CT molecular complexity index is 680. The lowest BCUT2D eigenvalue weighted by Gasteiger charge is -2.16. The maximum absolute atomic E-state index is 13.8. The van der Waals surface area contributed by atoms with Gasteiger partial charge in [0.05, 0.1) is 5.33 Å². The van der Waals surface area contributed by atoms with Crippen molar-refractivity contribution in [3.05, 3.63) is 58.1 Å². The predicted molar refractivity (Wildman–Crippen MR) is 88.4 cm³/mol. The average Bonchev–Trinajstić information content (AvgIpc) is 2.48. The van der Waals surface area contributed by atoms with E-state index in [0.29, 0.717) is 5.75 Å². The van der Waals surface area contributed by atoms with E-state index in [1.54, 1.807) is 24.3 Å². The van der Waals surface area contributed by atoms with Crippen molar-refractivity contribution < 1.29 is 18.3 Å². The average molecular weight is 434 g/mol. The second-order valence-corrected chi connectivity index (χ2v) is 6.18. The van der Waals surface area contributed by atoms with Gasteiger partial charge < -0.3 is 4.74 Å². The van der Waals surface area contributed by atoms with Gasteiger partial charge in [-0.05, 0) is 42.5 Å². The lowest BCUT2D eigenvalue weighted by atomic mass is 9.99. The first kappa shape index (κ1) is 17.1. The molecular weight excluding hydrogens is 422 g/mol. The van der Waals surface area contributed by atoms with Gasteiger partial charge in [-0.25, -0.2) is 8.78 Å². The van der Waals surface area contributed by atoms with E-state index in [-0.39, 0.29) is 22.2 Å². The van der Waals surface area contributed by atoms with Crippen LogP contribution in [0.4, 0.5) is 8.78 Å². The van der Waals surface area contributed by atoms with Crippen molar-refractivity contribution in [2.24, 2.45) is 0 Å². The molecule has 2 aromatic rings. The molecule has 0 saturated heterocycles. The van der Waals surface area contributed by atoms with Crippen molar-refractivity contribution >= 4 is 37.6 Å². The fourth-order valence-corrected chi connectivity index (χ4v) is 2.47. The van der Waals surface area contributed by atoms with Gasteiger partial charge in [0, 0.05) is 22.5 Å². The van der Waals surface area contributed by atoms with E-state index in [9.17, 15) is 13.6 Å². The van der Waals surface area contributed by atoms with Crippen molar-refractivity contribution in [3.8, 4) is 11.5 Å². The van der Waals surface area contributed by atoms with Crippen molar-refractivity contribution in [2.45, 2.75) is 12.8 Å². The van der Waals surface area contributed by atoms with Gasteiger partial charge in [0.25, 0.3) is 5.92 Å². The van der Waals surface area contributed by atoms with E-state index in [2.05, 4.69) is 31.9 Å². The molecule has 6 heteroatoms. The normalized spacial score (nSPS) is 11.3. The number of carbonyl (C=O) groups excluding carboxylic acids is 1. The minimum Gasteiger partial charge on any atom is -0.457 e. The molecule has 0 unspecified atom stereocenters. The number of ether oxygens (including phenoxy) is 1. The second-order valence-electron chi connectivity index (χ2n) is 4.71. The molecule has 0 aromatic heterocycles. The zero-order valence-electron chi connectivity index (χ0n) is 11.6. The molecule has 2 rings (SSSR count). The molecule has 0 amide bonds. The summed E-state index contributed by atoms with van der Waals surface area (Å²) in [6.07, 6.45) is 0. The Morgan fingerprint density at radius 3 is 2.27 bits per heavy atom. The smallest absolute Gasteiger partial charge is 0.271 e. The summed E-state index contributed by atoms with van der Waals surface area (Å²) in [7, 11) is 0. The molecule has 0 bridgehead atoms. The van der Waals surface area contributed by atoms with Crippen LogP contribution in [-0.2, 0) is 5.92 Å². The molecule has 0 N–H and O–H groups in total. The second kappa shape index (κ2) is 6.87. The third-order valence-electron chi connectivity index (χ3n) is 2.94. The Labute approximate surface area is 143 Å². The van der Waals surface area contributed by atoms with E-state index in [4.69, 9.17) is 4.74 Å². The SMILES string of the molecule is CC(F)(F)c1cc(Oc2ccc(Br)cc2)ccc1C(=O)CBr. The van der Waals surface area contributed by atoms with Gasteiger partial charge in [-0.15, -0.1) is 0 Å². The number of rotatable bonds is 5. The first-order valence-electron chi connectivity index (χ1n) is 6.36. The molecule has 116 valence electrons. The quantitative estimate of drug-likeness (QED) is 0.431. The summed E-state index contributed by atoms with van der Waals surface area (Å²) >= 11 is 6.31. The molecule has 2 nitrogen and oxygen atoms in total. The zero-order chi connectivity index (χ0) is 16.3. The molecule has 22 heavy (non-hydrogen) atoms. The molecule has 0 aliphatic heterocycles. The largest absolute Gasteiger partial charge is 0.457 e. The molecule has 0 fully saturated rings. The van der Waals surface area contributed by atoms with Gasteiger partial charge in [0.1, 0.15) is 11.5 Å². The summed E-state index contributed by atoms with van der Waals surface area (Å²) in [5.41, 5.74) is -0.348. The van der Waals surface area contributed by atoms with E-state index >= 15 is 0 Å². The van der Waals surface area contributed by atoms with Gasteiger partial charge in [-0.1, -0.05) is 31.9 Å². The maximum atomic E-state index is 13.8. The van der Waals surface area contributed by atoms with Gasteiger partial charge in [0.15, 0.2) is 5.78 Å². The zero-order valence-corrected chi connectivity index (χ0v) is 14.7. The van der Waals surface area contributed by atoms with Crippen LogP contribution in [0.3, 0.4) is 0 Å². The Kier molecular flexibility index (Phi) is 5.34. The lowest BCUT2D eigenvalue weighted by molar-refractivity contribution is 0.0163. The maximum Gasteiger partial charge on any atom is 0.271 e. The fraction of sp³-hybridized carbons (Fsp3) is 0.188. The summed E-state index contributed by atoms with van der Waals surface area (Å²) in [6, 6.07) is 11.1. The van der Waals surface area contributed by atoms with Crippen molar-refractivity contribution in [3.63, 3.8) is 0 Å². The van der Waals surface area contributed by atoms with Crippen molar-refractivity contribution in [1.82, 2.24) is 0 Å². The van der Waals surface area contributed by atoms with E-state index in [0.717, 1.165) is 11.4 Å². The summed E-state index contributed by atoms with van der Waals surface area (Å²) in [6.45, 7) is 0.761. The predicted octanol–water partition coefficient (Wildman–Crippen LogP) is 5.93. The fourth-order valence-electron chi connectivity index (χ4n) is 1.90. The van der Waals surface area contributed by atoms with Crippen LogP contribution in [0.1, 0.15) is 22.8 Å². The molecule has 0 saturated carbocycles. The van der Waals surface area contributed by atoms with Gasteiger partial charge >= 0.3 is 0 Å². The molecule has 0 aliphatic carbocycles. The third kappa shape index (κ3) is 4.14. The summed E-state index contributed by atoms with van der Waals surface area (Å²) in [5.74, 6) is -2.75.